The second-order valence-corrected chi connectivity index (χ2v) is 13.6. The Labute approximate surface area is 220 Å². The molecule has 0 aromatic rings. The average molecular weight is 524 g/mol. The van der Waals surface area contributed by atoms with Gasteiger partial charge in [-0.3, -0.25) is 9.59 Å². The van der Waals surface area contributed by atoms with Gasteiger partial charge in [0.05, 0.1) is 13.2 Å². The van der Waals surface area contributed by atoms with Gasteiger partial charge in [0.1, 0.15) is 17.7 Å². The lowest BCUT2D eigenvalue weighted by Gasteiger charge is -2.38. The lowest BCUT2D eigenvalue weighted by Crippen LogP contribution is -2.61. The van der Waals surface area contributed by atoms with Crippen LogP contribution in [0.3, 0.4) is 0 Å². The van der Waals surface area contributed by atoms with Gasteiger partial charge in [0.25, 0.3) is 0 Å². The maximum Gasteiger partial charge on any atom is 0.408 e. The Morgan fingerprint density at radius 1 is 1.05 bits per heavy atom. The Balaban J connectivity index is 1.83. The minimum absolute atomic E-state index is 0.0598. The van der Waals surface area contributed by atoms with E-state index in [4.69, 9.17) is 9.47 Å². The standard InChI is InChI=1S/C27H45N3O7/c1-25(2,3)20(29-24(35)37-26(4,5)6)22(33)30-13-15-17(27(15,7)8)18(30)21(32)28-16(12-14-10-11-14)19(31)23(34)36-9/h14-20,31H,10-13H2,1-9H3,(H,28,32)(H,29,35). The van der Waals surface area contributed by atoms with Crippen molar-refractivity contribution in [3.8, 4) is 0 Å². The number of fused-ring (bicyclic) bond motifs is 1. The maximum absolute atomic E-state index is 13.9. The fourth-order valence-electron chi connectivity index (χ4n) is 5.59. The Hall–Kier alpha value is -2.36. The molecule has 10 nitrogen and oxygen atoms in total. The van der Waals surface area contributed by atoms with Gasteiger partial charge in [-0.15, -0.1) is 0 Å². The topological polar surface area (TPSA) is 134 Å². The summed E-state index contributed by atoms with van der Waals surface area (Å²) in [5.74, 6) is -1.14. The van der Waals surface area contributed by atoms with Crippen LogP contribution >= 0.6 is 0 Å². The predicted octanol–water partition coefficient (Wildman–Crippen LogP) is 2.23. The maximum atomic E-state index is 13.9. The van der Waals surface area contributed by atoms with Crippen molar-refractivity contribution in [1.82, 2.24) is 15.5 Å². The lowest BCUT2D eigenvalue weighted by atomic mass is 9.85. The van der Waals surface area contributed by atoms with E-state index in [2.05, 4.69) is 24.5 Å². The number of piperidine rings is 1. The molecule has 1 heterocycles. The number of hydrogen-bond donors (Lipinski definition) is 3. The molecule has 0 aromatic heterocycles. The molecule has 0 bridgehead atoms. The van der Waals surface area contributed by atoms with E-state index in [1.807, 2.05) is 20.8 Å². The predicted molar refractivity (Wildman–Crippen MR) is 136 cm³/mol. The fourth-order valence-corrected chi connectivity index (χ4v) is 5.59. The number of hydrogen-bond acceptors (Lipinski definition) is 7. The second kappa shape index (κ2) is 10.1. The van der Waals surface area contributed by atoms with Gasteiger partial charge in [-0.25, -0.2) is 9.59 Å². The lowest BCUT2D eigenvalue weighted by molar-refractivity contribution is -0.153. The first-order valence-corrected chi connectivity index (χ1v) is 13.2. The normalized spacial score (nSPS) is 26.9. The van der Waals surface area contributed by atoms with Gasteiger partial charge >= 0.3 is 12.1 Å². The van der Waals surface area contributed by atoms with E-state index in [-0.39, 0.29) is 23.2 Å². The molecular formula is C27H45N3O7. The molecular weight excluding hydrogens is 478 g/mol. The first kappa shape index (κ1) is 29.2. The van der Waals surface area contributed by atoms with E-state index in [1.165, 1.54) is 7.11 Å². The Morgan fingerprint density at radius 2 is 1.65 bits per heavy atom. The molecule has 10 heteroatoms. The second-order valence-electron chi connectivity index (χ2n) is 13.6. The van der Waals surface area contributed by atoms with Gasteiger partial charge in [0.15, 0.2) is 6.10 Å². The minimum atomic E-state index is -1.49. The van der Waals surface area contributed by atoms with Crippen molar-refractivity contribution in [3.63, 3.8) is 0 Å². The summed E-state index contributed by atoms with van der Waals surface area (Å²) < 4.78 is 10.1. The fraction of sp³-hybridized carbons (Fsp3) is 0.852. The highest BCUT2D eigenvalue weighted by atomic mass is 16.6. The highest BCUT2D eigenvalue weighted by molar-refractivity contribution is 5.93. The first-order valence-electron chi connectivity index (χ1n) is 13.2. The Kier molecular flexibility index (Phi) is 7.95. The smallest absolute Gasteiger partial charge is 0.408 e. The number of likely N-dealkylation sites (tertiary alicyclic amines) is 1. The molecule has 3 N–H and O–H groups in total. The number of amides is 3. The molecule has 0 spiro atoms. The van der Waals surface area contributed by atoms with Crippen LogP contribution in [0.1, 0.15) is 74.7 Å². The van der Waals surface area contributed by atoms with E-state index >= 15 is 0 Å². The monoisotopic (exact) mass is 523 g/mol. The minimum Gasteiger partial charge on any atom is -0.467 e. The SMILES string of the molecule is COC(=O)C(O)C(CC1CC1)NC(=O)C1C2C(CN1C(=O)C(NC(=O)OC(C)(C)C)C(C)(C)C)C2(C)C. The number of ether oxygens (including phenoxy) is 2. The average Bonchev–Trinajstić information content (AvgIpc) is 3.60. The number of methoxy groups -OCH3 is 1. The van der Waals surface area contributed by atoms with E-state index < -0.39 is 53.2 Å². The molecule has 2 aliphatic carbocycles. The molecule has 0 radical (unpaired) electrons. The quantitative estimate of drug-likeness (QED) is 0.415. The highest BCUT2D eigenvalue weighted by Crippen LogP contribution is 2.65. The number of nitrogens with one attached hydrogen (secondary N) is 2. The number of carbonyl (C=O) groups excluding carboxylic acids is 4. The molecule has 0 aromatic carbocycles. The van der Waals surface area contributed by atoms with Gasteiger partial charge in [0.2, 0.25) is 11.8 Å². The Morgan fingerprint density at radius 3 is 2.14 bits per heavy atom. The summed E-state index contributed by atoms with van der Waals surface area (Å²) in [5.41, 5.74) is -1.50. The van der Waals surface area contributed by atoms with Crippen LogP contribution in [0.4, 0.5) is 4.79 Å². The van der Waals surface area contributed by atoms with Crippen molar-refractivity contribution in [2.45, 2.75) is 104 Å². The molecule has 37 heavy (non-hydrogen) atoms. The van der Waals surface area contributed by atoms with Crippen molar-refractivity contribution in [3.05, 3.63) is 0 Å². The molecule has 6 atom stereocenters. The largest absolute Gasteiger partial charge is 0.467 e. The number of nitrogens with zero attached hydrogens (tertiary/aromatic N) is 1. The van der Waals surface area contributed by atoms with E-state index in [9.17, 15) is 24.3 Å². The number of esters is 1. The van der Waals surface area contributed by atoms with Gasteiger partial charge in [0, 0.05) is 6.54 Å². The van der Waals surface area contributed by atoms with Gasteiger partial charge < -0.3 is 30.1 Å². The van der Waals surface area contributed by atoms with Crippen LogP contribution in [0, 0.1) is 28.6 Å². The molecule has 6 unspecified atom stereocenters. The van der Waals surface area contributed by atoms with Crippen molar-refractivity contribution in [2.24, 2.45) is 28.6 Å². The number of aliphatic hydroxyl groups excluding tert-OH is 1. The molecule has 2 saturated carbocycles. The summed E-state index contributed by atoms with van der Waals surface area (Å²) in [6.45, 7) is 15.3. The zero-order valence-corrected chi connectivity index (χ0v) is 23.7. The van der Waals surface area contributed by atoms with E-state index in [0.717, 1.165) is 12.8 Å². The summed E-state index contributed by atoms with van der Waals surface area (Å²) in [6, 6.07) is -2.49. The van der Waals surface area contributed by atoms with Crippen LogP contribution in [0.5, 0.6) is 0 Å². The molecule has 210 valence electrons. The molecule has 1 aliphatic heterocycles. The Bertz CT molecular complexity index is 916. The first-order chi connectivity index (χ1) is 16.9. The number of aliphatic hydroxyl groups is 1. The van der Waals surface area contributed by atoms with Crippen LogP contribution in [0.15, 0.2) is 0 Å². The van der Waals surface area contributed by atoms with Gasteiger partial charge in [-0.1, -0.05) is 47.5 Å². The van der Waals surface area contributed by atoms with Crippen LogP contribution in [0.2, 0.25) is 0 Å². The van der Waals surface area contributed by atoms with E-state index in [0.29, 0.717) is 18.9 Å². The highest BCUT2D eigenvalue weighted by Gasteiger charge is 2.70. The van der Waals surface area contributed by atoms with Gasteiger partial charge in [-0.2, -0.15) is 0 Å². The third-order valence-electron chi connectivity index (χ3n) is 7.97. The molecule has 3 aliphatic rings. The van der Waals surface area contributed by atoms with Crippen LogP contribution in [-0.4, -0.2) is 77.4 Å². The van der Waals surface area contributed by atoms with Crippen LogP contribution in [-0.2, 0) is 23.9 Å². The van der Waals surface area contributed by atoms with Crippen LogP contribution < -0.4 is 10.6 Å². The third-order valence-corrected chi connectivity index (χ3v) is 7.97. The summed E-state index contributed by atoms with van der Waals surface area (Å²) in [7, 11) is 1.19. The molecule has 3 amide bonds. The summed E-state index contributed by atoms with van der Waals surface area (Å²) >= 11 is 0. The van der Waals surface area contributed by atoms with Crippen molar-refractivity contribution in [2.75, 3.05) is 13.7 Å². The van der Waals surface area contributed by atoms with Crippen molar-refractivity contribution < 1.29 is 33.8 Å². The summed E-state index contributed by atoms with van der Waals surface area (Å²) in [5, 5.41) is 16.2. The molecule has 3 rings (SSSR count). The zero-order valence-electron chi connectivity index (χ0n) is 23.7. The molecule has 1 saturated heterocycles. The van der Waals surface area contributed by atoms with Crippen LogP contribution in [0.25, 0.3) is 0 Å². The van der Waals surface area contributed by atoms with Gasteiger partial charge in [-0.05, 0) is 55.8 Å². The van der Waals surface area contributed by atoms with Crippen molar-refractivity contribution in [1.29, 1.82) is 0 Å². The number of alkyl carbamates (subject to hydrolysis) is 1. The molecule has 3 fully saturated rings. The zero-order chi connectivity index (χ0) is 28.1. The number of carbonyl (C=O) groups is 4. The number of rotatable bonds is 8. The summed E-state index contributed by atoms with van der Waals surface area (Å²) in [6.07, 6.45) is 0.243. The van der Waals surface area contributed by atoms with E-state index in [1.54, 1.807) is 25.7 Å². The van der Waals surface area contributed by atoms with Crippen molar-refractivity contribution >= 4 is 23.9 Å². The summed E-state index contributed by atoms with van der Waals surface area (Å²) in [4.78, 5) is 53.8. The third kappa shape index (κ3) is 6.56.